The Balaban J connectivity index is 2.30. The molecule has 2 rings (SSSR count). The van der Waals surface area contributed by atoms with Gasteiger partial charge in [0.25, 0.3) is 5.69 Å². The van der Waals surface area contributed by atoms with Crippen LogP contribution >= 0.6 is 11.6 Å². The molecule has 0 heterocycles. The van der Waals surface area contributed by atoms with Gasteiger partial charge in [-0.2, -0.15) is 0 Å². The van der Waals surface area contributed by atoms with Crippen molar-refractivity contribution in [3.05, 3.63) is 75.1 Å². The Morgan fingerprint density at radius 3 is 2.65 bits per heavy atom. The van der Waals surface area contributed by atoms with Crippen LogP contribution < -0.4 is 0 Å². The van der Waals surface area contributed by atoms with Gasteiger partial charge in [-0.1, -0.05) is 36.4 Å². The van der Waals surface area contributed by atoms with Crippen LogP contribution in [0, 0.1) is 22.9 Å². The summed E-state index contributed by atoms with van der Waals surface area (Å²) in [6, 6.07) is 11.4. The minimum Gasteiger partial charge on any atom is -0.258 e. The van der Waals surface area contributed by atoms with Crippen LogP contribution in [-0.2, 0) is 6.42 Å². The topological polar surface area (TPSA) is 43.1 Å². The summed E-state index contributed by atoms with van der Waals surface area (Å²) in [6.07, 6.45) is 0.207. The zero-order valence-corrected chi connectivity index (χ0v) is 11.6. The SMILES string of the molecule is Cc1cccc(C(Cl)Cc2ccccc2[N+](=O)[O-])c1F. The maximum absolute atomic E-state index is 14.0. The third-order valence-electron chi connectivity index (χ3n) is 3.15. The molecule has 1 atom stereocenters. The standard InChI is InChI=1S/C15H13ClFNO2/c1-10-5-4-7-12(15(10)17)13(16)9-11-6-2-3-8-14(11)18(19)20/h2-8,13H,9H2,1H3. The van der Waals surface area contributed by atoms with Crippen LogP contribution in [0.5, 0.6) is 0 Å². The monoisotopic (exact) mass is 293 g/mol. The van der Waals surface area contributed by atoms with Gasteiger partial charge in [-0.05, 0) is 18.9 Å². The van der Waals surface area contributed by atoms with Crippen LogP contribution in [0.2, 0.25) is 0 Å². The first kappa shape index (κ1) is 14.5. The van der Waals surface area contributed by atoms with Crippen LogP contribution in [0.3, 0.4) is 0 Å². The number of alkyl halides is 1. The molecule has 20 heavy (non-hydrogen) atoms. The van der Waals surface area contributed by atoms with Gasteiger partial charge in [0.1, 0.15) is 5.82 Å². The Hall–Kier alpha value is -1.94. The minimum atomic E-state index is -0.643. The first-order valence-corrected chi connectivity index (χ1v) is 6.55. The third kappa shape index (κ3) is 2.96. The molecule has 1 unspecified atom stereocenters. The summed E-state index contributed by atoms with van der Waals surface area (Å²) in [4.78, 5) is 10.5. The molecule has 5 heteroatoms. The first-order chi connectivity index (χ1) is 9.50. The van der Waals surface area contributed by atoms with E-state index in [0.717, 1.165) is 0 Å². The van der Waals surface area contributed by atoms with E-state index in [-0.39, 0.29) is 17.9 Å². The lowest BCUT2D eigenvalue weighted by Crippen LogP contribution is -2.03. The number of hydrogen-bond acceptors (Lipinski definition) is 2. The van der Waals surface area contributed by atoms with Crippen molar-refractivity contribution in [2.75, 3.05) is 0 Å². The highest BCUT2D eigenvalue weighted by Gasteiger charge is 2.19. The summed E-state index contributed by atoms with van der Waals surface area (Å²) in [5.74, 6) is -0.355. The number of nitro groups is 1. The molecule has 0 aliphatic carbocycles. The quantitative estimate of drug-likeness (QED) is 0.471. The first-order valence-electron chi connectivity index (χ1n) is 6.12. The number of halogens is 2. The van der Waals surface area contributed by atoms with Crippen LogP contribution in [0.15, 0.2) is 42.5 Å². The van der Waals surface area contributed by atoms with Crippen molar-refractivity contribution in [3.8, 4) is 0 Å². The van der Waals surface area contributed by atoms with E-state index in [9.17, 15) is 14.5 Å². The normalized spacial score (nSPS) is 12.2. The van der Waals surface area contributed by atoms with E-state index < -0.39 is 10.3 Å². The van der Waals surface area contributed by atoms with Crippen molar-refractivity contribution in [1.29, 1.82) is 0 Å². The Kier molecular flexibility index (Phi) is 4.35. The average molecular weight is 294 g/mol. The summed E-state index contributed by atoms with van der Waals surface area (Å²) >= 11 is 6.23. The number of aryl methyl sites for hydroxylation is 1. The van der Waals surface area contributed by atoms with Crippen molar-refractivity contribution in [2.45, 2.75) is 18.7 Å². The average Bonchev–Trinajstić information content (AvgIpc) is 2.42. The predicted molar refractivity (Wildman–Crippen MR) is 76.5 cm³/mol. The Morgan fingerprint density at radius 2 is 1.95 bits per heavy atom. The summed E-state index contributed by atoms with van der Waals surface area (Å²) in [5.41, 5.74) is 1.38. The van der Waals surface area contributed by atoms with Gasteiger partial charge in [-0.25, -0.2) is 4.39 Å². The lowest BCUT2D eigenvalue weighted by atomic mass is 10.0. The number of benzene rings is 2. The molecule has 0 aliphatic rings. The molecule has 2 aromatic rings. The summed E-state index contributed by atoms with van der Waals surface area (Å²) in [7, 11) is 0. The maximum atomic E-state index is 14.0. The van der Waals surface area contributed by atoms with Gasteiger partial charge in [0.2, 0.25) is 0 Å². The highest BCUT2D eigenvalue weighted by Crippen LogP contribution is 2.31. The van der Waals surface area contributed by atoms with Gasteiger partial charge >= 0.3 is 0 Å². The molecule has 0 amide bonds. The Morgan fingerprint density at radius 1 is 1.25 bits per heavy atom. The highest BCUT2D eigenvalue weighted by atomic mass is 35.5. The maximum Gasteiger partial charge on any atom is 0.272 e. The van der Waals surface area contributed by atoms with E-state index in [1.54, 1.807) is 43.3 Å². The van der Waals surface area contributed by atoms with Gasteiger partial charge in [0.15, 0.2) is 0 Å². The Labute approximate surface area is 121 Å². The molecular weight excluding hydrogens is 281 g/mol. The molecule has 0 aliphatic heterocycles. The molecule has 0 bridgehead atoms. The van der Waals surface area contributed by atoms with E-state index in [4.69, 9.17) is 11.6 Å². The summed E-state index contributed by atoms with van der Waals surface area (Å²) < 4.78 is 14.0. The molecule has 0 aromatic heterocycles. The van der Waals surface area contributed by atoms with E-state index in [2.05, 4.69) is 0 Å². The van der Waals surface area contributed by atoms with Crippen molar-refractivity contribution in [3.63, 3.8) is 0 Å². The van der Waals surface area contributed by atoms with Crippen molar-refractivity contribution < 1.29 is 9.31 Å². The fourth-order valence-corrected chi connectivity index (χ4v) is 2.41. The van der Waals surface area contributed by atoms with Crippen LogP contribution in [0.1, 0.15) is 22.1 Å². The lowest BCUT2D eigenvalue weighted by molar-refractivity contribution is -0.385. The van der Waals surface area contributed by atoms with E-state index >= 15 is 0 Å². The fourth-order valence-electron chi connectivity index (χ4n) is 2.08. The molecular formula is C15H13ClFNO2. The second kappa shape index (κ2) is 6.01. The number of para-hydroxylation sites is 1. The van der Waals surface area contributed by atoms with Crippen LogP contribution in [0.25, 0.3) is 0 Å². The zero-order valence-electron chi connectivity index (χ0n) is 10.8. The van der Waals surface area contributed by atoms with E-state index in [1.807, 2.05) is 0 Å². The van der Waals surface area contributed by atoms with Gasteiger partial charge in [0, 0.05) is 17.2 Å². The smallest absolute Gasteiger partial charge is 0.258 e. The van der Waals surface area contributed by atoms with Crippen LogP contribution in [0.4, 0.5) is 10.1 Å². The molecule has 104 valence electrons. The molecule has 0 saturated carbocycles. The lowest BCUT2D eigenvalue weighted by Gasteiger charge is -2.12. The minimum absolute atomic E-state index is 0.00575. The van der Waals surface area contributed by atoms with Crippen molar-refractivity contribution >= 4 is 17.3 Å². The van der Waals surface area contributed by atoms with E-state index in [0.29, 0.717) is 16.7 Å². The molecule has 0 saturated heterocycles. The number of rotatable bonds is 4. The van der Waals surface area contributed by atoms with Gasteiger partial charge in [-0.15, -0.1) is 11.6 Å². The molecule has 0 N–H and O–H groups in total. The largest absolute Gasteiger partial charge is 0.272 e. The van der Waals surface area contributed by atoms with Crippen LogP contribution in [-0.4, -0.2) is 4.92 Å². The van der Waals surface area contributed by atoms with Crippen molar-refractivity contribution in [2.24, 2.45) is 0 Å². The number of hydrogen-bond donors (Lipinski definition) is 0. The molecule has 0 radical (unpaired) electrons. The number of nitro benzene ring substituents is 1. The molecule has 0 spiro atoms. The van der Waals surface area contributed by atoms with Gasteiger partial charge < -0.3 is 0 Å². The summed E-state index contributed by atoms with van der Waals surface area (Å²) in [6.45, 7) is 1.66. The third-order valence-corrected chi connectivity index (χ3v) is 3.54. The van der Waals surface area contributed by atoms with Gasteiger partial charge in [-0.3, -0.25) is 10.1 Å². The number of nitrogens with zero attached hydrogens (tertiary/aromatic N) is 1. The molecule has 2 aromatic carbocycles. The second-order valence-electron chi connectivity index (χ2n) is 4.54. The zero-order chi connectivity index (χ0) is 14.7. The van der Waals surface area contributed by atoms with Gasteiger partial charge in [0.05, 0.1) is 10.3 Å². The fraction of sp³-hybridized carbons (Fsp3) is 0.200. The Bertz CT molecular complexity index is 646. The predicted octanol–water partition coefficient (Wildman–Crippen LogP) is 4.56. The van der Waals surface area contributed by atoms with Crippen molar-refractivity contribution in [1.82, 2.24) is 0 Å². The van der Waals surface area contributed by atoms with E-state index in [1.165, 1.54) is 6.07 Å². The summed E-state index contributed by atoms with van der Waals surface area (Å²) in [5, 5.41) is 10.3. The molecule has 0 fully saturated rings. The highest BCUT2D eigenvalue weighted by molar-refractivity contribution is 6.21. The molecule has 3 nitrogen and oxygen atoms in total. The second-order valence-corrected chi connectivity index (χ2v) is 5.06.